The van der Waals surface area contributed by atoms with Gasteiger partial charge in [0.25, 0.3) is 0 Å². The molecule has 3 N–H and O–H groups in total. The van der Waals surface area contributed by atoms with Gasteiger partial charge in [0, 0.05) is 0 Å². The number of benzene rings is 1. The van der Waals surface area contributed by atoms with Gasteiger partial charge in [-0.1, -0.05) is 11.6 Å². The van der Waals surface area contributed by atoms with Crippen LogP contribution in [0.5, 0.6) is 5.75 Å². The Morgan fingerprint density at radius 2 is 1.73 bits per heavy atom. The van der Waals surface area contributed by atoms with Gasteiger partial charge in [-0.2, -0.15) is 0 Å². The van der Waals surface area contributed by atoms with E-state index in [9.17, 15) is 9.59 Å². The fraction of sp³-hybridized carbons (Fsp3) is 0. The van der Waals surface area contributed by atoms with E-state index in [4.69, 9.17) is 26.9 Å². The zero-order valence-corrected chi connectivity index (χ0v) is 10.4. The second-order valence-electron chi connectivity index (χ2n) is 2.43. The molecule has 0 aliphatic heterocycles. The van der Waals surface area contributed by atoms with E-state index in [1.807, 2.05) is 0 Å². The number of carboxylic acids is 2. The number of halogens is 1. The van der Waals surface area contributed by atoms with Crippen molar-refractivity contribution in [3.05, 3.63) is 28.3 Å². The summed E-state index contributed by atoms with van der Waals surface area (Å²) in [5.41, 5.74) is -1.07. The summed E-state index contributed by atoms with van der Waals surface area (Å²) in [5.74, 6) is -3.37. The van der Waals surface area contributed by atoms with E-state index in [2.05, 4.69) is 0 Å². The van der Waals surface area contributed by atoms with E-state index >= 15 is 0 Å². The van der Waals surface area contributed by atoms with Crippen LogP contribution in [0.3, 0.4) is 0 Å². The fourth-order valence-corrected chi connectivity index (χ4v) is 1.20. The second kappa shape index (κ2) is 5.37. The van der Waals surface area contributed by atoms with E-state index in [1.54, 1.807) is 0 Å². The summed E-state index contributed by atoms with van der Waals surface area (Å²) < 4.78 is 0. The number of carbonyl (C=O) groups is 2. The number of hydrogen-bond donors (Lipinski definition) is 3. The first-order valence-corrected chi connectivity index (χ1v) is 3.81. The summed E-state index contributed by atoms with van der Waals surface area (Å²) >= 11 is 5.44. The molecule has 0 bridgehead atoms. The van der Waals surface area contributed by atoms with Gasteiger partial charge in [-0.3, -0.25) is 0 Å². The number of phenolic OH excluding ortho intramolecular Hbond substituents is 1. The molecule has 15 heavy (non-hydrogen) atoms. The van der Waals surface area contributed by atoms with Crippen LogP contribution in [0.1, 0.15) is 22.1 Å². The Morgan fingerprint density at radius 3 is 2.13 bits per heavy atom. The molecule has 0 atom stereocenters. The summed E-state index contributed by atoms with van der Waals surface area (Å²) in [4.78, 5) is 21.2. The quantitative estimate of drug-likeness (QED) is 0.551. The monoisotopic (exact) mass is 240 g/mol. The summed E-state index contributed by atoms with van der Waals surface area (Å²) in [7, 11) is 0. The third-order valence-corrected chi connectivity index (χ3v) is 1.95. The van der Waals surface area contributed by atoms with E-state index in [1.165, 1.54) is 0 Å². The molecular weight excluding hydrogens is 235 g/mol. The number of carboxylic acid groups (broad SMARTS) is 2. The molecule has 0 saturated heterocycles. The molecular formula is C8H6ClNaO5. The molecule has 1 aromatic rings. The van der Waals surface area contributed by atoms with Crippen molar-refractivity contribution in [2.75, 3.05) is 0 Å². The molecule has 0 amide bonds. The van der Waals surface area contributed by atoms with Crippen LogP contribution in [0.4, 0.5) is 0 Å². The summed E-state index contributed by atoms with van der Waals surface area (Å²) in [6, 6.07) is 2.01. The Balaban J connectivity index is 0. The maximum Gasteiger partial charge on any atom is 1.00 e. The van der Waals surface area contributed by atoms with Crippen LogP contribution in [-0.4, -0.2) is 27.3 Å². The first kappa shape index (κ1) is 14.2. The standard InChI is InChI=1S/C8H5ClO5.Na.H/c9-6-4(10)2-1-3(7(11)12)5(6)8(13)14;;/h1-2,10H,(H,11,12)(H,13,14);;/q;+1;-1. The van der Waals surface area contributed by atoms with Crippen LogP contribution in [0.15, 0.2) is 12.1 Å². The smallest absolute Gasteiger partial charge is 1.00 e. The number of hydrogen-bond acceptors (Lipinski definition) is 3. The molecule has 0 unspecified atom stereocenters. The summed E-state index contributed by atoms with van der Waals surface area (Å²) in [5, 5.41) is 25.9. The maximum atomic E-state index is 10.6. The van der Waals surface area contributed by atoms with Crippen molar-refractivity contribution in [3.63, 3.8) is 0 Å². The Kier molecular flexibility index (Phi) is 5.10. The van der Waals surface area contributed by atoms with Gasteiger partial charge in [0.05, 0.1) is 16.1 Å². The third kappa shape index (κ3) is 2.85. The van der Waals surface area contributed by atoms with Crippen LogP contribution < -0.4 is 29.6 Å². The largest absolute Gasteiger partial charge is 1.00 e. The number of aromatic carboxylic acids is 2. The van der Waals surface area contributed by atoms with E-state index in [-0.39, 0.29) is 31.0 Å². The molecule has 0 aliphatic rings. The van der Waals surface area contributed by atoms with E-state index < -0.39 is 33.8 Å². The molecule has 0 aliphatic carbocycles. The van der Waals surface area contributed by atoms with Crippen molar-refractivity contribution in [1.82, 2.24) is 0 Å². The zero-order valence-electron chi connectivity index (χ0n) is 8.69. The molecule has 5 nitrogen and oxygen atoms in total. The van der Waals surface area contributed by atoms with Crippen molar-refractivity contribution in [3.8, 4) is 5.75 Å². The van der Waals surface area contributed by atoms with Gasteiger partial charge < -0.3 is 16.7 Å². The molecule has 0 heterocycles. The number of aromatic hydroxyl groups is 1. The van der Waals surface area contributed by atoms with Gasteiger partial charge in [-0.05, 0) is 12.1 Å². The average molecular weight is 241 g/mol. The first-order valence-electron chi connectivity index (χ1n) is 3.43. The Bertz CT molecular complexity index is 423. The van der Waals surface area contributed by atoms with Crippen LogP contribution in [0.2, 0.25) is 5.02 Å². The van der Waals surface area contributed by atoms with Crippen molar-refractivity contribution in [2.24, 2.45) is 0 Å². The average Bonchev–Trinajstić information content (AvgIpc) is 2.08. The van der Waals surface area contributed by atoms with Crippen LogP contribution in [-0.2, 0) is 0 Å². The van der Waals surface area contributed by atoms with Crippen molar-refractivity contribution in [2.45, 2.75) is 0 Å². The predicted octanol–water partition coefficient (Wildman–Crippen LogP) is -1.44. The first-order chi connectivity index (χ1) is 6.45. The second-order valence-corrected chi connectivity index (χ2v) is 2.81. The van der Waals surface area contributed by atoms with Crippen LogP contribution >= 0.6 is 11.6 Å². The van der Waals surface area contributed by atoms with Gasteiger partial charge in [0.15, 0.2) is 0 Å². The molecule has 0 radical (unpaired) electrons. The van der Waals surface area contributed by atoms with E-state index in [0.717, 1.165) is 12.1 Å². The predicted molar refractivity (Wildman–Crippen MR) is 48.1 cm³/mol. The minimum Gasteiger partial charge on any atom is -1.00 e. The third-order valence-electron chi connectivity index (χ3n) is 1.57. The molecule has 0 aromatic heterocycles. The summed E-state index contributed by atoms with van der Waals surface area (Å²) in [6.45, 7) is 0. The molecule has 0 saturated carbocycles. The van der Waals surface area contributed by atoms with Gasteiger partial charge in [-0.15, -0.1) is 0 Å². The molecule has 1 aromatic carbocycles. The Morgan fingerprint density at radius 1 is 1.20 bits per heavy atom. The Hall–Kier alpha value is -0.750. The van der Waals surface area contributed by atoms with Gasteiger partial charge in [-0.25, -0.2) is 9.59 Å². The van der Waals surface area contributed by atoms with Crippen molar-refractivity contribution < 1.29 is 55.9 Å². The minimum absolute atomic E-state index is 0. The number of rotatable bonds is 2. The minimum atomic E-state index is -1.50. The maximum absolute atomic E-state index is 10.6. The summed E-state index contributed by atoms with van der Waals surface area (Å²) in [6.07, 6.45) is 0. The van der Waals surface area contributed by atoms with Gasteiger partial charge in [0.2, 0.25) is 0 Å². The normalized spacial score (nSPS) is 9.13. The molecule has 7 heteroatoms. The SMILES string of the molecule is O=C(O)c1ccc(O)c(Cl)c1C(=O)O.[H-].[Na+]. The molecule has 0 spiro atoms. The molecule has 1 rings (SSSR count). The fourth-order valence-electron chi connectivity index (χ4n) is 0.952. The van der Waals surface area contributed by atoms with Crippen LogP contribution in [0, 0.1) is 0 Å². The number of phenols is 1. The van der Waals surface area contributed by atoms with Crippen molar-refractivity contribution >= 4 is 23.5 Å². The van der Waals surface area contributed by atoms with Gasteiger partial charge >= 0.3 is 41.5 Å². The Labute approximate surface area is 113 Å². The van der Waals surface area contributed by atoms with Crippen LogP contribution in [0.25, 0.3) is 0 Å². The van der Waals surface area contributed by atoms with Crippen molar-refractivity contribution in [1.29, 1.82) is 0 Å². The van der Waals surface area contributed by atoms with Gasteiger partial charge in [0.1, 0.15) is 5.75 Å². The zero-order chi connectivity index (χ0) is 10.9. The topological polar surface area (TPSA) is 94.8 Å². The molecule has 0 fully saturated rings. The van der Waals surface area contributed by atoms with E-state index in [0.29, 0.717) is 0 Å². The molecule has 76 valence electrons.